The van der Waals surface area contributed by atoms with E-state index in [4.69, 9.17) is 9.15 Å². The average molecular weight is 333 g/mol. The molecule has 1 amide bonds. The fourth-order valence-electron chi connectivity index (χ4n) is 2.34. The molecule has 2 aromatic rings. The minimum Gasteiger partial charge on any atom is -0.469 e. The molecule has 24 heavy (non-hydrogen) atoms. The van der Waals surface area contributed by atoms with E-state index in [1.807, 2.05) is 0 Å². The van der Waals surface area contributed by atoms with E-state index in [9.17, 15) is 14.0 Å². The maximum Gasteiger partial charge on any atom is 0.310 e. The van der Waals surface area contributed by atoms with Crippen molar-refractivity contribution in [1.82, 2.24) is 4.90 Å². The summed E-state index contributed by atoms with van der Waals surface area (Å²) in [5.41, 5.74) is 0.705. The zero-order valence-electron chi connectivity index (χ0n) is 13.7. The maximum absolute atomic E-state index is 13.0. The summed E-state index contributed by atoms with van der Waals surface area (Å²) in [7, 11) is 1.32. The molecule has 0 radical (unpaired) electrons. The number of rotatable bonds is 7. The molecular weight excluding hydrogens is 313 g/mol. The summed E-state index contributed by atoms with van der Waals surface area (Å²) in [6.07, 6.45) is 1.65. The molecule has 0 saturated carbocycles. The molecule has 0 spiro atoms. The number of hydrogen-bond donors (Lipinski definition) is 0. The number of ether oxygens (including phenoxy) is 1. The summed E-state index contributed by atoms with van der Waals surface area (Å²) in [5, 5.41) is 0. The second-order valence-corrected chi connectivity index (χ2v) is 5.58. The van der Waals surface area contributed by atoms with Crippen LogP contribution in [-0.4, -0.2) is 30.4 Å². The Kier molecular flexibility index (Phi) is 6.12. The zero-order chi connectivity index (χ0) is 17.5. The number of amides is 1. The number of furan rings is 1. The highest BCUT2D eigenvalue weighted by Crippen LogP contribution is 2.12. The third kappa shape index (κ3) is 4.94. The summed E-state index contributed by atoms with van der Waals surface area (Å²) < 4.78 is 23.0. The lowest BCUT2D eigenvalue weighted by atomic mass is 10.1. The first-order valence-electron chi connectivity index (χ1n) is 7.62. The van der Waals surface area contributed by atoms with Crippen molar-refractivity contribution in [2.45, 2.75) is 19.9 Å². The Morgan fingerprint density at radius 3 is 2.54 bits per heavy atom. The van der Waals surface area contributed by atoms with Gasteiger partial charge in [-0.1, -0.05) is 19.1 Å². The first-order chi connectivity index (χ1) is 11.5. The van der Waals surface area contributed by atoms with Crippen LogP contribution in [-0.2, 0) is 27.3 Å². The van der Waals surface area contributed by atoms with Crippen molar-refractivity contribution in [1.29, 1.82) is 0 Å². The molecule has 1 atom stereocenters. The lowest BCUT2D eigenvalue weighted by molar-refractivity contribution is -0.146. The van der Waals surface area contributed by atoms with Crippen molar-refractivity contribution in [3.8, 4) is 0 Å². The van der Waals surface area contributed by atoms with Gasteiger partial charge in [0.05, 0.1) is 32.3 Å². The molecule has 0 saturated heterocycles. The smallest absolute Gasteiger partial charge is 0.310 e. The molecule has 0 fully saturated rings. The van der Waals surface area contributed by atoms with Gasteiger partial charge in [-0.25, -0.2) is 4.39 Å². The van der Waals surface area contributed by atoms with Crippen molar-refractivity contribution >= 4 is 11.9 Å². The topological polar surface area (TPSA) is 59.8 Å². The predicted molar refractivity (Wildman–Crippen MR) is 85.4 cm³/mol. The zero-order valence-corrected chi connectivity index (χ0v) is 13.7. The minimum atomic E-state index is -0.456. The van der Waals surface area contributed by atoms with Crippen molar-refractivity contribution in [3.05, 3.63) is 59.8 Å². The van der Waals surface area contributed by atoms with Gasteiger partial charge in [0.1, 0.15) is 11.6 Å². The third-order valence-electron chi connectivity index (χ3n) is 3.65. The van der Waals surface area contributed by atoms with Crippen molar-refractivity contribution in [3.63, 3.8) is 0 Å². The largest absolute Gasteiger partial charge is 0.469 e. The number of esters is 1. The Balaban J connectivity index is 2.09. The van der Waals surface area contributed by atoms with Crippen LogP contribution in [0.2, 0.25) is 0 Å². The molecule has 1 heterocycles. The van der Waals surface area contributed by atoms with Crippen molar-refractivity contribution < 1.29 is 23.1 Å². The number of nitrogens with zero attached hydrogens (tertiary/aromatic N) is 1. The van der Waals surface area contributed by atoms with Crippen LogP contribution in [0.4, 0.5) is 4.39 Å². The Hall–Kier alpha value is -2.63. The molecule has 1 aromatic carbocycles. The van der Waals surface area contributed by atoms with Gasteiger partial charge < -0.3 is 14.1 Å². The monoisotopic (exact) mass is 333 g/mol. The quantitative estimate of drug-likeness (QED) is 0.731. The first-order valence-corrected chi connectivity index (χ1v) is 7.62. The van der Waals surface area contributed by atoms with Crippen LogP contribution in [0.5, 0.6) is 0 Å². The Morgan fingerprint density at radius 1 is 1.25 bits per heavy atom. The average Bonchev–Trinajstić information content (AvgIpc) is 3.08. The van der Waals surface area contributed by atoms with Gasteiger partial charge in [-0.3, -0.25) is 9.59 Å². The van der Waals surface area contributed by atoms with E-state index in [1.165, 1.54) is 25.5 Å². The van der Waals surface area contributed by atoms with Crippen LogP contribution in [0, 0.1) is 11.7 Å². The Labute approximate surface area is 140 Å². The van der Waals surface area contributed by atoms with Crippen LogP contribution in [0.25, 0.3) is 0 Å². The highest BCUT2D eigenvalue weighted by atomic mass is 19.1. The molecule has 0 aliphatic rings. The van der Waals surface area contributed by atoms with Crippen LogP contribution in [0.1, 0.15) is 18.2 Å². The van der Waals surface area contributed by atoms with Gasteiger partial charge in [-0.2, -0.15) is 0 Å². The summed E-state index contributed by atoms with van der Waals surface area (Å²) in [5.74, 6) is -0.734. The van der Waals surface area contributed by atoms with Gasteiger partial charge in [0, 0.05) is 6.54 Å². The van der Waals surface area contributed by atoms with Crippen molar-refractivity contribution in [2.75, 3.05) is 13.7 Å². The van der Waals surface area contributed by atoms with Gasteiger partial charge in [0.15, 0.2) is 0 Å². The van der Waals surface area contributed by atoms with Crippen LogP contribution < -0.4 is 0 Å². The molecule has 5 nitrogen and oxygen atoms in total. The van der Waals surface area contributed by atoms with E-state index in [-0.39, 0.29) is 37.2 Å². The van der Waals surface area contributed by atoms with E-state index < -0.39 is 5.92 Å². The number of carbonyl (C=O) groups excluding carboxylic acids is 2. The molecule has 6 heteroatoms. The van der Waals surface area contributed by atoms with Gasteiger partial charge in [-0.05, 0) is 29.8 Å². The molecule has 128 valence electrons. The number of carbonyl (C=O) groups is 2. The number of hydrogen-bond acceptors (Lipinski definition) is 4. The van der Waals surface area contributed by atoms with Crippen LogP contribution in [0.15, 0.2) is 47.1 Å². The molecule has 2 rings (SSSR count). The standard InChI is InChI=1S/C18H20FNO4/c1-13(18(22)23-2)11-20(12-16-4-3-9-24-16)17(21)10-14-5-7-15(19)8-6-14/h3-9,13H,10-12H2,1-2H3. The lowest BCUT2D eigenvalue weighted by Gasteiger charge is -2.24. The van der Waals surface area contributed by atoms with Crippen molar-refractivity contribution in [2.24, 2.45) is 5.92 Å². The minimum absolute atomic E-state index is 0.120. The predicted octanol–water partition coefficient (Wildman–Crippen LogP) is 2.80. The molecular formula is C18H20FNO4. The number of halogens is 1. The highest BCUT2D eigenvalue weighted by Gasteiger charge is 2.22. The summed E-state index contributed by atoms with van der Waals surface area (Å²) in [4.78, 5) is 25.8. The van der Waals surface area contributed by atoms with Gasteiger partial charge >= 0.3 is 5.97 Å². The molecule has 0 aliphatic carbocycles. The molecule has 1 aromatic heterocycles. The van der Waals surface area contributed by atoms with Crippen LogP contribution in [0.3, 0.4) is 0 Å². The van der Waals surface area contributed by atoms with Crippen LogP contribution >= 0.6 is 0 Å². The first kappa shape index (κ1) is 17.7. The van der Waals surface area contributed by atoms with E-state index in [2.05, 4.69) is 0 Å². The van der Waals surface area contributed by atoms with E-state index in [0.29, 0.717) is 11.3 Å². The van der Waals surface area contributed by atoms with Gasteiger partial charge in [-0.15, -0.1) is 0 Å². The lowest BCUT2D eigenvalue weighted by Crippen LogP contribution is -2.37. The number of benzene rings is 1. The fourth-order valence-corrected chi connectivity index (χ4v) is 2.34. The maximum atomic E-state index is 13.0. The highest BCUT2D eigenvalue weighted by molar-refractivity contribution is 5.80. The van der Waals surface area contributed by atoms with E-state index in [1.54, 1.807) is 36.1 Å². The molecule has 0 aliphatic heterocycles. The van der Waals surface area contributed by atoms with E-state index >= 15 is 0 Å². The summed E-state index contributed by atoms with van der Waals surface area (Å²) >= 11 is 0. The number of methoxy groups -OCH3 is 1. The van der Waals surface area contributed by atoms with Gasteiger partial charge in [0.2, 0.25) is 5.91 Å². The summed E-state index contributed by atoms with van der Waals surface area (Å²) in [6, 6.07) is 9.28. The fraction of sp³-hybridized carbons (Fsp3) is 0.333. The van der Waals surface area contributed by atoms with Gasteiger partial charge in [0.25, 0.3) is 0 Å². The van der Waals surface area contributed by atoms with E-state index in [0.717, 1.165) is 0 Å². The molecule has 1 unspecified atom stereocenters. The molecule has 0 bridgehead atoms. The SMILES string of the molecule is COC(=O)C(C)CN(Cc1ccco1)C(=O)Cc1ccc(F)cc1. The second kappa shape index (κ2) is 8.29. The summed E-state index contributed by atoms with van der Waals surface area (Å²) in [6.45, 7) is 2.17. The Bertz CT molecular complexity index is 667. The second-order valence-electron chi connectivity index (χ2n) is 5.58. The normalized spacial score (nSPS) is 11.8. The molecule has 0 N–H and O–H groups in total. The third-order valence-corrected chi connectivity index (χ3v) is 3.65. The Morgan fingerprint density at radius 2 is 1.96 bits per heavy atom.